The third-order valence-corrected chi connectivity index (χ3v) is 7.59. The molecule has 3 aromatic rings. The zero-order valence-electron chi connectivity index (χ0n) is 23.5. The lowest BCUT2D eigenvalue weighted by Gasteiger charge is -2.29. The Morgan fingerprint density at radius 2 is 1.67 bits per heavy atom. The van der Waals surface area contributed by atoms with Crippen molar-refractivity contribution >= 4 is 52.2 Å². The normalized spacial score (nSPS) is 17.6. The highest BCUT2D eigenvalue weighted by molar-refractivity contribution is 6.47. The molecule has 3 aliphatic heterocycles. The van der Waals surface area contributed by atoms with Gasteiger partial charge >= 0.3 is 0 Å². The molecule has 212 valence electrons. The van der Waals surface area contributed by atoms with Crippen molar-refractivity contribution in [2.75, 3.05) is 4.90 Å². The number of hydrogen-bond donors (Lipinski definition) is 1. The van der Waals surface area contributed by atoms with Gasteiger partial charge in [-0.15, -0.1) is 0 Å². The molecule has 1 unspecified atom stereocenters. The number of imide groups is 4. The number of carbonyl (C=O) groups excluding carboxylic acids is 5. The van der Waals surface area contributed by atoms with Gasteiger partial charge in [-0.25, -0.2) is 9.88 Å². The summed E-state index contributed by atoms with van der Waals surface area (Å²) in [6, 6.07) is 9.95. The lowest BCUT2D eigenvalue weighted by atomic mass is 9.94. The maximum Gasteiger partial charge on any atom is 0.261 e. The lowest BCUT2D eigenvalue weighted by Crippen LogP contribution is -2.53. The number of benzene rings is 1. The average molecular weight is 565 g/mol. The van der Waals surface area contributed by atoms with Crippen LogP contribution < -0.4 is 10.2 Å². The van der Waals surface area contributed by atoms with Crippen LogP contribution in [0.3, 0.4) is 0 Å². The van der Waals surface area contributed by atoms with Gasteiger partial charge in [0, 0.05) is 42.4 Å². The topological polar surface area (TPSA) is 134 Å². The van der Waals surface area contributed by atoms with E-state index in [9.17, 15) is 24.0 Å². The van der Waals surface area contributed by atoms with E-state index < -0.39 is 47.4 Å². The summed E-state index contributed by atoms with van der Waals surface area (Å²) in [4.78, 5) is 78.0. The molecule has 0 aliphatic carbocycles. The van der Waals surface area contributed by atoms with Gasteiger partial charge in [-0.05, 0) is 17.7 Å². The number of para-hydroxylation sites is 1. The van der Waals surface area contributed by atoms with Gasteiger partial charge in [0.05, 0.1) is 34.4 Å². The van der Waals surface area contributed by atoms with Crippen molar-refractivity contribution < 1.29 is 24.0 Å². The molecule has 0 bridgehead atoms. The third-order valence-electron chi connectivity index (χ3n) is 7.59. The Balaban J connectivity index is 1.46. The minimum Gasteiger partial charge on any atom is -0.333 e. The Kier molecular flexibility index (Phi) is 6.44. The molecule has 1 aromatic carbocycles. The Labute approximate surface area is 241 Å². The molecule has 11 nitrogen and oxygen atoms in total. The first-order valence-electron chi connectivity index (χ1n) is 13.7. The smallest absolute Gasteiger partial charge is 0.261 e. The fourth-order valence-corrected chi connectivity index (χ4v) is 5.58. The number of nitrogens with zero attached hydrogens (tertiary/aromatic N) is 5. The fourth-order valence-electron chi connectivity index (χ4n) is 5.58. The molecule has 5 heterocycles. The number of aliphatic imine (C=N–C) groups is 1. The van der Waals surface area contributed by atoms with Gasteiger partial charge in [0.1, 0.15) is 11.7 Å². The van der Waals surface area contributed by atoms with Crippen molar-refractivity contribution in [3.8, 4) is 0 Å². The monoisotopic (exact) mass is 564 g/mol. The van der Waals surface area contributed by atoms with Crippen molar-refractivity contribution in [2.45, 2.75) is 40.2 Å². The van der Waals surface area contributed by atoms with E-state index >= 15 is 0 Å². The zero-order valence-corrected chi connectivity index (χ0v) is 23.5. The summed E-state index contributed by atoms with van der Waals surface area (Å²) in [6.45, 7) is 6.58. The Hall–Kier alpha value is -5.19. The zero-order chi connectivity index (χ0) is 29.9. The van der Waals surface area contributed by atoms with Gasteiger partial charge in [0.25, 0.3) is 17.7 Å². The molecule has 0 spiro atoms. The molecule has 0 saturated heterocycles. The van der Waals surface area contributed by atoms with Crippen LogP contribution in [0.25, 0.3) is 11.2 Å². The van der Waals surface area contributed by atoms with E-state index in [4.69, 9.17) is 0 Å². The van der Waals surface area contributed by atoms with Crippen LogP contribution >= 0.6 is 0 Å². The van der Waals surface area contributed by atoms with Gasteiger partial charge in [-0.2, -0.15) is 0 Å². The predicted octanol–water partition coefficient (Wildman–Crippen LogP) is 2.64. The van der Waals surface area contributed by atoms with Gasteiger partial charge in [-0.1, -0.05) is 52.0 Å². The van der Waals surface area contributed by atoms with E-state index in [0.717, 1.165) is 10.5 Å². The van der Waals surface area contributed by atoms with Crippen molar-refractivity contribution in [1.82, 2.24) is 19.6 Å². The van der Waals surface area contributed by atoms with Crippen molar-refractivity contribution in [1.29, 1.82) is 0 Å². The van der Waals surface area contributed by atoms with E-state index in [2.05, 4.69) is 15.3 Å². The van der Waals surface area contributed by atoms with Crippen LogP contribution in [0.5, 0.6) is 0 Å². The van der Waals surface area contributed by atoms with E-state index in [1.807, 2.05) is 12.1 Å². The molecule has 1 atom stereocenters. The van der Waals surface area contributed by atoms with Crippen molar-refractivity contribution in [3.63, 3.8) is 0 Å². The largest absolute Gasteiger partial charge is 0.333 e. The first kappa shape index (κ1) is 27.0. The highest BCUT2D eigenvalue weighted by Crippen LogP contribution is 2.40. The standard InChI is InChI=1S/C31H28N6O5/c1-16(2)29(40)37(30(41)17(3)4)31(42)20-14-18-8-7-9-19-25(32-11-13-36(20)26(18)19)24-23(27(38)34-28(24)39)21-15-33-22-10-5-6-12-35(21)22/h5-13,15-17,20H,14H2,1-4H3,(H,34,38,39). The highest BCUT2D eigenvalue weighted by atomic mass is 16.2. The Morgan fingerprint density at radius 3 is 2.38 bits per heavy atom. The summed E-state index contributed by atoms with van der Waals surface area (Å²) < 4.78 is 1.73. The molecule has 0 fully saturated rings. The first-order chi connectivity index (χ1) is 20.1. The molecule has 3 aliphatic rings. The van der Waals surface area contributed by atoms with Crippen LogP contribution in [0.2, 0.25) is 0 Å². The highest BCUT2D eigenvalue weighted by Gasteiger charge is 2.44. The van der Waals surface area contributed by atoms with Crippen molar-refractivity contribution in [2.24, 2.45) is 16.8 Å². The quantitative estimate of drug-likeness (QED) is 0.471. The summed E-state index contributed by atoms with van der Waals surface area (Å²) in [5.41, 5.74) is 3.47. The second-order valence-corrected chi connectivity index (χ2v) is 11.0. The van der Waals surface area contributed by atoms with Crippen molar-refractivity contribution in [3.05, 3.63) is 83.6 Å². The Bertz CT molecular complexity index is 1790. The minimum absolute atomic E-state index is 0.0897. The van der Waals surface area contributed by atoms with E-state index in [1.54, 1.807) is 79.9 Å². The number of hydrogen-bond acceptors (Lipinski definition) is 8. The molecule has 5 amide bonds. The van der Waals surface area contributed by atoms with Crippen LogP contribution in [0.4, 0.5) is 5.69 Å². The number of nitrogens with one attached hydrogen (secondary N) is 1. The SMILES string of the molecule is CC(C)C(=O)N(C(=O)C(C)C)C(=O)C1Cc2cccc3c2N1C=CN=C3C1=C(c2cnc3ccccn23)C(=O)NC1=O. The molecular formula is C31H28N6O5. The summed E-state index contributed by atoms with van der Waals surface area (Å²) >= 11 is 0. The summed E-state index contributed by atoms with van der Waals surface area (Å²) in [5.74, 6) is -4.03. The maximum absolute atomic E-state index is 13.9. The molecule has 6 rings (SSSR count). The number of anilines is 1. The van der Waals surface area contributed by atoms with E-state index in [1.165, 1.54) is 6.20 Å². The van der Waals surface area contributed by atoms with Gasteiger partial charge in [0.2, 0.25) is 11.8 Å². The molecule has 0 radical (unpaired) electrons. The molecule has 0 saturated carbocycles. The predicted molar refractivity (Wildman–Crippen MR) is 154 cm³/mol. The van der Waals surface area contributed by atoms with Gasteiger partial charge in [0.15, 0.2) is 0 Å². The maximum atomic E-state index is 13.9. The second-order valence-electron chi connectivity index (χ2n) is 11.0. The van der Waals surface area contributed by atoms with Gasteiger partial charge < -0.3 is 4.90 Å². The fraction of sp³-hybridized carbons (Fsp3) is 0.258. The molecule has 11 heteroatoms. The van der Waals surface area contributed by atoms with E-state index in [-0.39, 0.29) is 23.3 Å². The summed E-state index contributed by atoms with van der Waals surface area (Å²) in [7, 11) is 0. The Morgan fingerprint density at radius 1 is 0.952 bits per heavy atom. The number of amides is 5. The third kappa shape index (κ3) is 4.08. The number of aromatic nitrogens is 2. The van der Waals surface area contributed by atoms with Gasteiger partial charge in [-0.3, -0.25) is 38.7 Å². The summed E-state index contributed by atoms with van der Waals surface area (Å²) in [6.07, 6.45) is 6.59. The average Bonchev–Trinajstić information content (AvgIpc) is 3.59. The molecule has 1 N–H and O–H groups in total. The molecule has 42 heavy (non-hydrogen) atoms. The van der Waals surface area contributed by atoms with E-state index in [0.29, 0.717) is 22.6 Å². The number of rotatable bonds is 5. The number of carbonyl (C=O) groups is 5. The van der Waals surface area contributed by atoms with Crippen LogP contribution in [-0.4, -0.2) is 55.6 Å². The first-order valence-corrected chi connectivity index (χ1v) is 13.7. The van der Waals surface area contributed by atoms with Crippen LogP contribution in [0, 0.1) is 11.8 Å². The van der Waals surface area contributed by atoms with Crippen LogP contribution in [0.15, 0.2) is 71.8 Å². The number of imidazole rings is 1. The molecule has 2 aromatic heterocycles. The second kappa shape index (κ2) is 10.0. The summed E-state index contributed by atoms with van der Waals surface area (Å²) in [5, 5.41) is 2.40. The number of pyridine rings is 1. The number of fused-ring (bicyclic) bond motifs is 1. The van der Waals surface area contributed by atoms with Crippen LogP contribution in [-0.2, 0) is 30.4 Å². The minimum atomic E-state index is -0.886. The lowest BCUT2D eigenvalue weighted by molar-refractivity contribution is -0.157. The van der Waals surface area contributed by atoms with Crippen LogP contribution in [0.1, 0.15) is 44.5 Å². The molecular weight excluding hydrogens is 536 g/mol.